The predicted octanol–water partition coefficient (Wildman–Crippen LogP) is 5.33. The van der Waals surface area contributed by atoms with Gasteiger partial charge in [0.05, 0.1) is 11.9 Å². The van der Waals surface area contributed by atoms with Gasteiger partial charge < -0.3 is 10.6 Å². The van der Waals surface area contributed by atoms with E-state index in [0.717, 1.165) is 38.2 Å². The van der Waals surface area contributed by atoms with Gasteiger partial charge in [-0.25, -0.2) is 9.97 Å². The van der Waals surface area contributed by atoms with Crippen LogP contribution in [0.2, 0.25) is 0 Å². The third-order valence-corrected chi connectivity index (χ3v) is 5.66. The van der Waals surface area contributed by atoms with Crippen LogP contribution >= 0.6 is 11.3 Å². The van der Waals surface area contributed by atoms with Crippen molar-refractivity contribution in [1.29, 1.82) is 0 Å². The molecule has 4 aromatic rings. The van der Waals surface area contributed by atoms with E-state index in [4.69, 9.17) is 0 Å². The number of hydrogen-bond donors (Lipinski definition) is 2. The largest absolute Gasteiger partial charge is 0.360 e. The third kappa shape index (κ3) is 3.98. The highest BCUT2D eigenvalue weighted by Gasteiger charge is 2.15. The molecule has 0 spiro atoms. The molecular formula is C23H22N4OS. The van der Waals surface area contributed by atoms with Gasteiger partial charge in [-0.3, -0.25) is 4.79 Å². The van der Waals surface area contributed by atoms with E-state index in [2.05, 4.69) is 38.1 Å². The van der Waals surface area contributed by atoms with Gasteiger partial charge in [0.25, 0.3) is 0 Å². The molecule has 1 amide bonds. The van der Waals surface area contributed by atoms with Gasteiger partial charge in [-0.05, 0) is 37.5 Å². The highest BCUT2D eigenvalue weighted by Crippen LogP contribution is 2.36. The van der Waals surface area contributed by atoms with E-state index >= 15 is 0 Å². The fourth-order valence-corrected chi connectivity index (χ4v) is 4.36. The minimum Gasteiger partial charge on any atom is -0.360 e. The Bertz CT molecular complexity index is 1160. The number of benzene rings is 2. The van der Waals surface area contributed by atoms with Crippen LogP contribution in [0, 0.1) is 20.8 Å². The first-order chi connectivity index (χ1) is 14.0. The summed E-state index contributed by atoms with van der Waals surface area (Å²) in [5.74, 6) is 1.25. The summed E-state index contributed by atoms with van der Waals surface area (Å²) in [6.07, 6.45) is 0. The van der Waals surface area contributed by atoms with Crippen LogP contribution in [-0.4, -0.2) is 22.4 Å². The minimum atomic E-state index is -0.108. The van der Waals surface area contributed by atoms with Crippen molar-refractivity contribution in [3.63, 3.8) is 0 Å². The van der Waals surface area contributed by atoms with Gasteiger partial charge in [0.1, 0.15) is 16.5 Å². The summed E-state index contributed by atoms with van der Waals surface area (Å²) >= 11 is 1.59. The Balaban J connectivity index is 1.61. The van der Waals surface area contributed by atoms with E-state index in [9.17, 15) is 4.79 Å². The number of aryl methyl sites for hydroxylation is 3. The maximum Gasteiger partial charge on any atom is 0.243 e. The quantitative estimate of drug-likeness (QED) is 0.473. The summed E-state index contributed by atoms with van der Waals surface area (Å²) in [6, 6.07) is 16.1. The van der Waals surface area contributed by atoms with Crippen LogP contribution in [0.3, 0.4) is 0 Å². The van der Waals surface area contributed by atoms with Crippen molar-refractivity contribution in [2.75, 3.05) is 17.2 Å². The Labute approximate surface area is 173 Å². The molecule has 0 aliphatic rings. The Kier molecular flexibility index (Phi) is 5.27. The number of carbonyl (C=O) groups is 1. The lowest BCUT2D eigenvalue weighted by atomic mass is 10.1. The maximum atomic E-state index is 12.6. The summed E-state index contributed by atoms with van der Waals surface area (Å²) in [7, 11) is 0. The topological polar surface area (TPSA) is 66.9 Å². The molecule has 146 valence electrons. The van der Waals surface area contributed by atoms with Crippen LogP contribution in [0.1, 0.15) is 17.0 Å². The summed E-state index contributed by atoms with van der Waals surface area (Å²) in [4.78, 5) is 22.6. The van der Waals surface area contributed by atoms with Crippen molar-refractivity contribution in [2.45, 2.75) is 20.8 Å². The van der Waals surface area contributed by atoms with Crippen LogP contribution in [0.25, 0.3) is 21.3 Å². The van der Waals surface area contributed by atoms with Crippen molar-refractivity contribution < 1.29 is 4.79 Å². The summed E-state index contributed by atoms with van der Waals surface area (Å²) in [5.41, 5.74) is 5.13. The first-order valence-electron chi connectivity index (χ1n) is 9.44. The van der Waals surface area contributed by atoms with E-state index in [1.54, 1.807) is 11.3 Å². The molecule has 0 aliphatic heterocycles. The van der Waals surface area contributed by atoms with Crippen LogP contribution in [0.4, 0.5) is 11.5 Å². The number of nitrogens with one attached hydrogen (secondary N) is 2. The molecule has 0 saturated carbocycles. The molecule has 0 saturated heterocycles. The molecule has 0 radical (unpaired) electrons. The van der Waals surface area contributed by atoms with Crippen LogP contribution < -0.4 is 10.6 Å². The molecule has 0 fully saturated rings. The van der Waals surface area contributed by atoms with Crippen molar-refractivity contribution in [1.82, 2.24) is 9.97 Å². The smallest absolute Gasteiger partial charge is 0.243 e. The Morgan fingerprint density at radius 3 is 2.41 bits per heavy atom. The molecule has 2 heterocycles. The van der Waals surface area contributed by atoms with Crippen LogP contribution in [-0.2, 0) is 4.79 Å². The second-order valence-electron chi connectivity index (χ2n) is 6.98. The second kappa shape index (κ2) is 8.01. The molecule has 0 unspecified atom stereocenters. The molecule has 0 bridgehead atoms. The highest BCUT2D eigenvalue weighted by atomic mass is 32.1. The number of aromatic nitrogens is 2. The Morgan fingerprint density at radius 2 is 1.69 bits per heavy atom. The molecule has 4 rings (SSSR count). The minimum absolute atomic E-state index is 0.108. The number of amides is 1. The van der Waals surface area contributed by atoms with E-state index in [-0.39, 0.29) is 12.5 Å². The predicted molar refractivity (Wildman–Crippen MR) is 121 cm³/mol. The fraction of sp³-hybridized carbons (Fsp3) is 0.174. The molecule has 0 aliphatic carbocycles. The van der Waals surface area contributed by atoms with Gasteiger partial charge in [-0.15, -0.1) is 11.3 Å². The van der Waals surface area contributed by atoms with Crippen molar-refractivity contribution in [3.8, 4) is 11.1 Å². The number of para-hydroxylation sites is 1. The zero-order chi connectivity index (χ0) is 20.4. The second-order valence-corrected chi connectivity index (χ2v) is 7.84. The zero-order valence-corrected chi connectivity index (χ0v) is 17.4. The number of thiophene rings is 1. The van der Waals surface area contributed by atoms with Gasteiger partial charge in [0.2, 0.25) is 5.91 Å². The Hall–Kier alpha value is -3.25. The van der Waals surface area contributed by atoms with E-state index < -0.39 is 0 Å². The molecule has 6 heteroatoms. The number of rotatable bonds is 5. The molecule has 29 heavy (non-hydrogen) atoms. The zero-order valence-electron chi connectivity index (χ0n) is 16.6. The van der Waals surface area contributed by atoms with E-state index in [0.29, 0.717) is 11.6 Å². The Morgan fingerprint density at radius 1 is 0.966 bits per heavy atom. The molecule has 2 aromatic heterocycles. The lowest BCUT2D eigenvalue weighted by molar-refractivity contribution is -0.114. The van der Waals surface area contributed by atoms with Gasteiger partial charge >= 0.3 is 0 Å². The maximum absolute atomic E-state index is 12.6. The van der Waals surface area contributed by atoms with Crippen molar-refractivity contribution >= 4 is 39.0 Å². The lowest BCUT2D eigenvalue weighted by Crippen LogP contribution is -2.23. The summed E-state index contributed by atoms with van der Waals surface area (Å²) in [5, 5.41) is 9.28. The average molecular weight is 403 g/mol. The number of carbonyl (C=O) groups excluding carboxylic acids is 1. The van der Waals surface area contributed by atoms with Crippen molar-refractivity contribution in [3.05, 3.63) is 70.9 Å². The first-order valence-corrected chi connectivity index (χ1v) is 10.3. The third-order valence-electron chi connectivity index (χ3n) is 4.79. The van der Waals surface area contributed by atoms with Gasteiger partial charge in [0.15, 0.2) is 0 Å². The average Bonchev–Trinajstić information content (AvgIpc) is 3.13. The number of nitrogens with zero attached hydrogens (tertiary/aromatic N) is 2. The van der Waals surface area contributed by atoms with Gasteiger partial charge in [-0.1, -0.05) is 48.5 Å². The number of fused-ring (bicyclic) bond motifs is 1. The van der Waals surface area contributed by atoms with E-state index in [1.807, 2.05) is 57.2 Å². The van der Waals surface area contributed by atoms with Gasteiger partial charge in [0, 0.05) is 16.6 Å². The summed E-state index contributed by atoms with van der Waals surface area (Å²) in [6.45, 7) is 5.97. The summed E-state index contributed by atoms with van der Waals surface area (Å²) < 4.78 is 0. The number of anilines is 2. The fourth-order valence-electron chi connectivity index (χ4n) is 3.37. The molecule has 2 aromatic carbocycles. The van der Waals surface area contributed by atoms with E-state index in [1.165, 1.54) is 0 Å². The van der Waals surface area contributed by atoms with Crippen LogP contribution in [0.5, 0.6) is 0 Å². The molecular weight excluding hydrogens is 380 g/mol. The number of hydrogen-bond acceptors (Lipinski definition) is 5. The molecule has 2 N–H and O–H groups in total. The first kappa shape index (κ1) is 19.1. The normalized spacial score (nSPS) is 10.9. The standard InChI is InChI=1S/C23H22N4OS/c1-14-8-7-9-15(2)21(14)27-19(28)12-24-22-20-18(17-10-5-4-6-11-17)13-29-23(20)26-16(3)25-22/h4-11,13H,12H2,1-3H3,(H,27,28)(H,24,25,26). The molecule has 0 atom stereocenters. The SMILES string of the molecule is Cc1nc(NCC(=O)Nc2c(C)cccc2C)c2c(-c3ccccc3)csc2n1. The monoisotopic (exact) mass is 402 g/mol. The van der Waals surface area contributed by atoms with Crippen molar-refractivity contribution in [2.24, 2.45) is 0 Å². The molecule has 5 nitrogen and oxygen atoms in total. The van der Waals surface area contributed by atoms with Crippen LogP contribution in [0.15, 0.2) is 53.9 Å². The lowest BCUT2D eigenvalue weighted by Gasteiger charge is -2.13. The van der Waals surface area contributed by atoms with Gasteiger partial charge in [-0.2, -0.15) is 0 Å². The highest BCUT2D eigenvalue weighted by molar-refractivity contribution is 7.17.